The smallest absolute Gasteiger partial charge is 0.262 e. The largest absolute Gasteiger partial charge is 0.326 e. The number of hydrogen-bond acceptors (Lipinski definition) is 3. The molecule has 0 bridgehead atoms. The van der Waals surface area contributed by atoms with Crippen molar-refractivity contribution < 1.29 is 13.2 Å². The number of aryl methyl sites for hydroxylation is 2. The Morgan fingerprint density at radius 1 is 1.04 bits per heavy atom. The molecular weight excluding hydrogens is 348 g/mol. The second-order valence-corrected chi connectivity index (χ2v) is 8.37. The van der Waals surface area contributed by atoms with Crippen LogP contribution in [0.2, 0.25) is 0 Å². The molecule has 0 radical (unpaired) electrons. The molecule has 6 heteroatoms. The van der Waals surface area contributed by atoms with Gasteiger partial charge in [-0.3, -0.25) is 9.52 Å². The van der Waals surface area contributed by atoms with Crippen molar-refractivity contribution in [2.24, 2.45) is 5.92 Å². The van der Waals surface area contributed by atoms with Gasteiger partial charge in [-0.15, -0.1) is 0 Å². The Balaban J connectivity index is 2.22. The average Bonchev–Trinajstić information content (AvgIpc) is 2.58. The topological polar surface area (TPSA) is 75.3 Å². The van der Waals surface area contributed by atoms with E-state index in [0.717, 1.165) is 12.0 Å². The van der Waals surface area contributed by atoms with Crippen molar-refractivity contribution in [3.63, 3.8) is 0 Å². The number of anilines is 2. The predicted molar refractivity (Wildman–Crippen MR) is 106 cm³/mol. The molecule has 0 spiro atoms. The highest BCUT2D eigenvalue weighted by atomic mass is 32.2. The fourth-order valence-electron chi connectivity index (χ4n) is 2.47. The van der Waals surface area contributed by atoms with E-state index in [4.69, 9.17) is 0 Å². The Labute approximate surface area is 155 Å². The minimum atomic E-state index is -3.74. The number of rotatable bonds is 7. The monoisotopic (exact) mass is 374 g/mol. The standard InChI is InChI=1S/C20H26N2O3S/c1-5-14(2)12-20(23)21-18-11-8-16(4)19(13-18)26(24,25)22-17-9-6-15(3)7-10-17/h6-11,13-14,22H,5,12H2,1-4H3,(H,21,23). The molecule has 1 amide bonds. The van der Waals surface area contributed by atoms with Crippen molar-refractivity contribution >= 4 is 27.3 Å². The van der Waals surface area contributed by atoms with E-state index in [1.807, 2.05) is 32.9 Å². The molecule has 0 aliphatic rings. The summed E-state index contributed by atoms with van der Waals surface area (Å²) in [5.74, 6) is 0.171. The number of nitrogens with one attached hydrogen (secondary N) is 2. The van der Waals surface area contributed by atoms with Crippen LogP contribution in [0.5, 0.6) is 0 Å². The van der Waals surface area contributed by atoms with Crippen LogP contribution < -0.4 is 10.0 Å². The minimum Gasteiger partial charge on any atom is -0.326 e. The normalized spacial score (nSPS) is 12.5. The molecule has 5 nitrogen and oxygen atoms in total. The fraction of sp³-hybridized carbons (Fsp3) is 0.350. The summed E-state index contributed by atoms with van der Waals surface area (Å²) in [4.78, 5) is 12.2. The Morgan fingerprint density at radius 2 is 1.65 bits per heavy atom. The van der Waals surface area contributed by atoms with E-state index < -0.39 is 10.0 Å². The summed E-state index contributed by atoms with van der Waals surface area (Å²) in [6.07, 6.45) is 1.33. The summed E-state index contributed by atoms with van der Waals surface area (Å²) in [5.41, 5.74) is 2.65. The summed E-state index contributed by atoms with van der Waals surface area (Å²) in [6.45, 7) is 7.71. The van der Waals surface area contributed by atoms with Gasteiger partial charge in [0.2, 0.25) is 5.91 Å². The molecule has 2 aromatic rings. The van der Waals surface area contributed by atoms with Gasteiger partial charge in [0, 0.05) is 17.8 Å². The molecule has 2 aromatic carbocycles. The molecule has 0 fully saturated rings. The molecule has 0 aromatic heterocycles. The van der Waals surface area contributed by atoms with E-state index in [-0.39, 0.29) is 16.7 Å². The molecule has 140 valence electrons. The van der Waals surface area contributed by atoms with Gasteiger partial charge in [0.05, 0.1) is 4.90 Å². The van der Waals surface area contributed by atoms with Gasteiger partial charge in [0.1, 0.15) is 0 Å². The Bertz CT molecular complexity index is 874. The second-order valence-electron chi connectivity index (χ2n) is 6.72. The maximum Gasteiger partial charge on any atom is 0.262 e. The molecule has 2 N–H and O–H groups in total. The molecule has 2 rings (SSSR count). The summed E-state index contributed by atoms with van der Waals surface area (Å²) in [7, 11) is -3.74. The maximum atomic E-state index is 12.7. The number of carbonyl (C=O) groups is 1. The zero-order valence-electron chi connectivity index (χ0n) is 15.7. The van der Waals surface area contributed by atoms with Crippen molar-refractivity contribution in [3.8, 4) is 0 Å². The summed E-state index contributed by atoms with van der Waals surface area (Å²) in [6, 6.07) is 12.0. The number of carbonyl (C=O) groups excluding carboxylic acids is 1. The zero-order chi connectivity index (χ0) is 19.3. The quantitative estimate of drug-likeness (QED) is 0.750. The van der Waals surface area contributed by atoms with Gasteiger partial charge in [0.25, 0.3) is 10.0 Å². The summed E-state index contributed by atoms with van der Waals surface area (Å²) < 4.78 is 28.1. The van der Waals surface area contributed by atoms with E-state index in [1.54, 1.807) is 31.2 Å². The van der Waals surface area contributed by atoms with Gasteiger partial charge < -0.3 is 5.32 Å². The third-order valence-corrected chi connectivity index (χ3v) is 5.82. The van der Waals surface area contributed by atoms with Crippen LogP contribution in [0.4, 0.5) is 11.4 Å². The average molecular weight is 375 g/mol. The first-order chi connectivity index (χ1) is 12.2. The van der Waals surface area contributed by atoms with Gasteiger partial charge >= 0.3 is 0 Å². The lowest BCUT2D eigenvalue weighted by Gasteiger charge is -2.14. The molecule has 0 saturated carbocycles. The highest BCUT2D eigenvalue weighted by Crippen LogP contribution is 2.23. The number of sulfonamides is 1. The van der Waals surface area contributed by atoms with Crippen LogP contribution in [0.1, 0.15) is 37.8 Å². The number of hydrogen-bond donors (Lipinski definition) is 2. The fourth-order valence-corrected chi connectivity index (χ4v) is 3.80. The molecule has 0 aliphatic carbocycles. The van der Waals surface area contributed by atoms with Gasteiger partial charge in [-0.1, -0.05) is 44.0 Å². The Kier molecular flexibility index (Phi) is 6.42. The molecule has 1 atom stereocenters. The van der Waals surface area contributed by atoms with Crippen LogP contribution in [0.3, 0.4) is 0 Å². The lowest BCUT2D eigenvalue weighted by atomic mass is 10.1. The third kappa shape index (κ3) is 5.33. The van der Waals surface area contributed by atoms with Crippen molar-refractivity contribution in [1.29, 1.82) is 0 Å². The van der Waals surface area contributed by atoms with E-state index in [1.165, 1.54) is 6.07 Å². The first kappa shape index (κ1) is 20.0. The van der Waals surface area contributed by atoms with Gasteiger partial charge in [-0.25, -0.2) is 8.42 Å². The number of benzene rings is 2. The van der Waals surface area contributed by atoms with Gasteiger partial charge in [-0.2, -0.15) is 0 Å². The maximum absolute atomic E-state index is 12.7. The zero-order valence-corrected chi connectivity index (χ0v) is 16.5. The Hall–Kier alpha value is -2.34. The van der Waals surface area contributed by atoms with E-state index >= 15 is 0 Å². The van der Waals surface area contributed by atoms with Crippen LogP contribution in [-0.4, -0.2) is 14.3 Å². The van der Waals surface area contributed by atoms with Crippen LogP contribution in [0, 0.1) is 19.8 Å². The Morgan fingerprint density at radius 3 is 2.27 bits per heavy atom. The SMILES string of the molecule is CCC(C)CC(=O)Nc1ccc(C)c(S(=O)(=O)Nc2ccc(C)cc2)c1. The van der Waals surface area contributed by atoms with Crippen LogP contribution in [-0.2, 0) is 14.8 Å². The highest BCUT2D eigenvalue weighted by Gasteiger charge is 2.18. The molecule has 0 heterocycles. The van der Waals surface area contributed by atoms with Crippen molar-refractivity contribution in [2.75, 3.05) is 10.0 Å². The molecule has 0 saturated heterocycles. The first-order valence-corrected chi connectivity index (χ1v) is 10.2. The molecular formula is C20H26N2O3S. The predicted octanol–water partition coefficient (Wildman–Crippen LogP) is 4.48. The van der Waals surface area contributed by atoms with Crippen molar-refractivity contribution in [3.05, 3.63) is 53.6 Å². The minimum absolute atomic E-state index is 0.113. The van der Waals surface area contributed by atoms with E-state index in [2.05, 4.69) is 10.0 Å². The van der Waals surface area contributed by atoms with Crippen LogP contribution in [0.25, 0.3) is 0 Å². The second kappa shape index (κ2) is 8.36. The van der Waals surface area contributed by atoms with E-state index in [0.29, 0.717) is 23.4 Å². The van der Waals surface area contributed by atoms with E-state index in [9.17, 15) is 13.2 Å². The molecule has 1 unspecified atom stereocenters. The third-order valence-electron chi connectivity index (χ3n) is 4.30. The summed E-state index contributed by atoms with van der Waals surface area (Å²) in [5, 5.41) is 2.79. The van der Waals surface area contributed by atoms with Gasteiger partial charge in [-0.05, 0) is 49.6 Å². The van der Waals surface area contributed by atoms with Crippen molar-refractivity contribution in [1.82, 2.24) is 0 Å². The van der Waals surface area contributed by atoms with Crippen molar-refractivity contribution in [2.45, 2.75) is 45.4 Å². The van der Waals surface area contributed by atoms with Crippen LogP contribution in [0.15, 0.2) is 47.4 Å². The number of amides is 1. The lowest BCUT2D eigenvalue weighted by molar-refractivity contribution is -0.117. The molecule has 0 aliphatic heterocycles. The first-order valence-electron chi connectivity index (χ1n) is 8.71. The van der Waals surface area contributed by atoms with Gasteiger partial charge in [0.15, 0.2) is 0 Å². The molecule has 26 heavy (non-hydrogen) atoms. The lowest BCUT2D eigenvalue weighted by Crippen LogP contribution is -2.17. The highest BCUT2D eigenvalue weighted by molar-refractivity contribution is 7.92. The van der Waals surface area contributed by atoms with Crippen LogP contribution >= 0.6 is 0 Å². The summed E-state index contributed by atoms with van der Waals surface area (Å²) >= 11 is 0.